The number of benzene rings is 1. The zero-order valence-electron chi connectivity index (χ0n) is 21.3. The molecule has 8 atom stereocenters. The van der Waals surface area contributed by atoms with Crippen LogP contribution in [0.3, 0.4) is 0 Å². The van der Waals surface area contributed by atoms with Gasteiger partial charge in [0.15, 0.2) is 0 Å². The maximum Gasteiger partial charge on any atom is 0.410 e. The second-order valence-electron chi connectivity index (χ2n) is 13.0. The van der Waals surface area contributed by atoms with Crippen LogP contribution in [0, 0.1) is 28.6 Å². The highest BCUT2D eigenvalue weighted by atomic mass is 16.6. The summed E-state index contributed by atoms with van der Waals surface area (Å²) in [5, 5.41) is 12.1. The number of amides is 1. The van der Waals surface area contributed by atoms with E-state index in [1.54, 1.807) is 6.08 Å². The van der Waals surface area contributed by atoms with Crippen LogP contribution in [0.15, 0.2) is 30.9 Å². The Morgan fingerprint density at radius 3 is 2.79 bits per heavy atom. The predicted octanol–water partition coefficient (Wildman–Crippen LogP) is 5.10. The van der Waals surface area contributed by atoms with Gasteiger partial charge in [-0.05, 0) is 61.5 Å². The molecule has 0 radical (unpaired) electrons. The number of hydrogen-bond donors (Lipinski definition) is 1. The van der Waals surface area contributed by atoms with E-state index < -0.39 is 5.60 Å². The summed E-state index contributed by atoms with van der Waals surface area (Å²) in [6.45, 7) is 15.5. The molecule has 5 heteroatoms. The first-order chi connectivity index (χ1) is 16.0. The van der Waals surface area contributed by atoms with Gasteiger partial charge in [-0.15, -0.1) is 0 Å². The molecule has 3 saturated carbocycles. The first kappa shape index (κ1) is 22.5. The third-order valence-corrected chi connectivity index (χ3v) is 10.9. The van der Waals surface area contributed by atoms with Crippen molar-refractivity contribution < 1.29 is 19.4 Å². The Bertz CT molecular complexity index is 1060. The number of fused-ring (bicyclic) bond motifs is 2. The lowest BCUT2D eigenvalue weighted by molar-refractivity contribution is -0.255. The molecule has 6 aliphatic rings. The molecule has 1 aromatic carbocycles. The number of piperidine rings is 1. The van der Waals surface area contributed by atoms with Gasteiger partial charge in [0.25, 0.3) is 0 Å². The molecule has 1 aromatic rings. The summed E-state index contributed by atoms with van der Waals surface area (Å²) in [5.41, 5.74) is 1.43. The SMILES string of the molecule is C=CCOC(=O)N1CC[C@]23c4c5cccc4O[C@H]2C2C(C)CC3(CC2C(C)(O)C(C)(C)C)[C@H]1C5. The first-order valence-electron chi connectivity index (χ1n) is 13.1. The second-order valence-corrected chi connectivity index (χ2v) is 13.0. The van der Waals surface area contributed by atoms with Crippen LogP contribution in [0.2, 0.25) is 0 Å². The van der Waals surface area contributed by atoms with Gasteiger partial charge >= 0.3 is 6.09 Å². The van der Waals surface area contributed by atoms with E-state index in [0.29, 0.717) is 12.5 Å². The maximum absolute atomic E-state index is 13.3. The van der Waals surface area contributed by atoms with Crippen LogP contribution in [0.1, 0.15) is 65.0 Å². The molecule has 5 nitrogen and oxygen atoms in total. The largest absolute Gasteiger partial charge is 0.489 e. The third kappa shape index (κ3) is 2.42. The second kappa shape index (κ2) is 6.81. The number of carbonyl (C=O) groups excluding carboxylic acids is 1. The molecule has 2 heterocycles. The van der Waals surface area contributed by atoms with E-state index in [2.05, 4.69) is 52.5 Å². The molecular weight excluding hydrogens is 426 g/mol. The van der Waals surface area contributed by atoms with Crippen molar-refractivity contribution in [3.05, 3.63) is 42.0 Å². The van der Waals surface area contributed by atoms with Crippen molar-refractivity contribution in [1.29, 1.82) is 0 Å². The van der Waals surface area contributed by atoms with Crippen LogP contribution >= 0.6 is 0 Å². The Kier molecular flexibility index (Phi) is 4.50. The van der Waals surface area contributed by atoms with Gasteiger partial charge in [0.1, 0.15) is 18.5 Å². The summed E-state index contributed by atoms with van der Waals surface area (Å²) >= 11 is 0. The van der Waals surface area contributed by atoms with Crippen molar-refractivity contribution in [3.8, 4) is 5.75 Å². The minimum Gasteiger partial charge on any atom is -0.489 e. The fourth-order valence-electron chi connectivity index (χ4n) is 9.17. The lowest BCUT2D eigenvalue weighted by atomic mass is 9.33. The molecule has 184 valence electrons. The summed E-state index contributed by atoms with van der Waals surface area (Å²) in [5.74, 6) is 1.85. The van der Waals surface area contributed by atoms with Crippen molar-refractivity contribution in [2.24, 2.45) is 28.6 Å². The minimum absolute atomic E-state index is 0.0486. The van der Waals surface area contributed by atoms with Gasteiger partial charge in [0.2, 0.25) is 0 Å². The molecular formula is C29H39NO4. The molecule has 4 bridgehead atoms. The summed E-state index contributed by atoms with van der Waals surface area (Å²) < 4.78 is 12.5. The van der Waals surface area contributed by atoms with Crippen LogP contribution in [-0.2, 0) is 16.6 Å². The highest BCUT2D eigenvalue weighted by Crippen LogP contribution is 2.76. The fraction of sp³-hybridized carbons (Fsp3) is 0.690. The molecule has 2 spiro atoms. The predicted molar refractivity (Wildman–Crippen MR) is 131 cm³/mol. The van der Waals surface area contributed by atoms with E-state index in [9.17, 15) is 9.90 Å². The van der Waals surface area contributed by atoms with Crippen LogP contribution < -0.4 is 4.74 Å². The highest BCUT2D eigenvalue weighted by molar-refractivity contribution is 5.70. The number of hydrogen-bond acceptors (Lipinski definition) is 4. The van der Waals surface area contributed by atoms with Crippen LogP contribution in [0.25, 0.3) is 0 Å². The van der Waals surface area contributed by atoms with Crippen LogP contribution in [0.5, 0.6) is 5.75 Å². The molecule has 1 amide bonds. The molecule has 4 fully saturated rings. The normalized spacial score (nSPS) is 40.8. The average Bonchev–Trinajstić information content (AvgIpc) is 3.11. The van der Waals surface area contributed by atoms with Gasteiger partial charge in [0.05, 0.1) is 5.60 Å². The van der Waals surface area contributed by atoms with E-state index in [-0.39, 0.29) is 52.9 Å². The molecule has 34 heavy (non-hydrogen) atoms. The van der Waals surface area contributed by atoms with Crippen molar-refractivity contribution >= 4 is 6.09 Å². The summed E-state index contributed by atoms with van der Waals surface area (Å²) in [6, 6.07) is 6.53. The van der Waals surface area contributed by atoms with E-state index in [4.69, 9.17) is 9.47 Å². The zero-order chi connectivity index (χ0) is 24.3. The quantitative estimate of drug-likeness (QED) is 0.631. The van der Waals surface area contributed by atoms with Crippen molar-refractivity contribution in [1.82, 2.24) is 4.90 Å². The van der Waals surface area contributed by atoms with E-state index in [0.717, 1.165) is 31.4 Å². The van der Waals surface area contributed by atoms with E-state index in [1.807, 2.05) is 11.8 Å². The monoisotopic (exact) mass is 465 g/mol. The summed E-state index contributed by atoms with van der Waals surface area (Å²) in [6.07, 6.45) is 5.17. The van der Waals surface area contributed by atoms with Crippen LogP contribution in [0.4, 0.5) is 4.79 Å². The fourth-order valence-corrected chi connectivity index (χ4v) is 9.17. The lowest BCUT2D eigenvalue weighted by Gasteiger charge is -2.74. The summed E-state index contributed by atoms with van der Waals surface area (Å²) in [4.78, 5) is 15.3. The topological polar surface area (TPSA) is 59.0 Å². The van der Waals surface area contributed by atoms with Gasteiger partial charge in [-0.25, -0.2) is 4.79 Å². The van der Waals surface area contributed by atoms with Gasteiger partial charge < -0.3 is 19.5 Å². The number of rotatable bonds is 3. The number of nitrogens with zero attached hydrogens (tertiary/aromatic N) is 1. The van der Waals surface area contributed by atoms with Gasteiger partial charge in [-0.1, -0.05) is 52.5 Å². The molecule has 4 aliphatic carbocycles. The standard InChI is InChI=1S/C29H39NO4/c1-7-13-33-25(31)30-12-11-29-23-18-9-8-10-20(23)34-24(29)22-17(2)15-28(29,21(30)14-18)16-19(22)27(6,32)26(3,4)5/h7-10,17,19,21-22,24,32H,1,11-16H2,2-6H3/t17?,19?,21-,22?,24+,27?,28?,29+/m1/s1. The van der Waals surface area contributed by atoms with Gasteiger partial charge in [-0.2, -0.15) is 0 Å². The Hall–Kier alpha value is -2.01. The molecule has 1 N–H and O–H groups in total. The Balaban J connectivity index is 1.55. The van der Waals surface area contributed by atoms with Gasteiger partial charge in [0, 0.05) is 34.9 Å². The Morgan fingerprint density at radius 1 is 1.32 bits per heavy atom. The Morgan fingerprint density at radius 2 is 2.09 bits per heavy atom. The molecule has 5 unspecified atom stereocenters. The average molecular weight is 466 g/mol. The lowest BCUT2D eigenvalue weighted by Crippen LogP contribution is -2.79. The maximum atomic E-state index is 13.3. The van der Waals surface area contributed by atoms with Crippen molar-refractivity contribution in [3.63, 3.8) is 0 Å². The smallest absolute Gasteiger partial charge is 0.410 e. The number of likely N-dealkylation sites (tertiary alicyclic amines) is 1. The minimum atomic E-state index is -0.845. The van der Waals surface area contributed by atoms with E-state index in [1.165, 1.54) is 11.1 Å². The van der Waals surface area contributed by atoms with Gasteiger partial charge in [-0.3, -0.25) is 0 Å². The molecule has 2 aliphatic heterocycles. The third-order valence-electron chi connectivity index (χ3n) is 10.9. The molecule has 1 saturated heterocycles. The number of carbonyl (C=O) groups is 1. The van der Waals surface area contributed by atoms with Crippen molar-refractivity contribution in [2.75, 3.05) is 13.2 Å². The molecule has 0 aromatic heterocycles. The Labute approximate surface area is 203 Å². The van der Waals surface area contributed by atoms with E-state index >= 15 is 0 Å². The number of ether oxygens (including phenoxy) is 2. The number of aliphatic hydroxyl groups is 1. The first-order valence-corrected chi connectivity index (χ1v) is 13.1. The van der Waals surface area contributed by atoms with Crippen LogP contribution in [-0.4, -0.2) is 47.0 Å². The van der Waals surface area contributed by atoms with Crippen molar-refractivity contribution in [2.45, 2.75) is 83.5 Å². The zero-order valence-corrected chi connectivity index (χ0v) is 21.3. The molecule has 7 rings (SSSR count). The summed E-state index contributed by atoms with van der Waals surface area (Å²) in [7, 11) is 0. The highest BCUT2D eigenvalue weighted by Gasteiger charge is 2.79.